The predicted molar refractivity (Wildman–Crippen MR) is 114 cm³/mol. The number of ketones is 1. The van der Waals surface area contributed by atoms with Gasteiger partial charge in [-0.3, -0.25) is 9.48 Å². The fourth-order valence-electron chi connectivity index (χ4n) is 8.38. The van der Waals surface area contributed by atoms with E-state index in [2.05, 4.69) is 12.0 Å². The number of hydrogen-bond donors (Lipinski definition) is 1. The molecule has 4 fully saturated rings. The SMILES string of the molecule is C[C@@]1(O)CC[C@@]2(F)[C@H](CC[C@H]3[C@@H]4CC[C@@H](C(=O)Cn5ccc(C(F)(F)F)n5)[C@@]4(C)CC[C@@H]32)C1. The van der Waals surface area contributed by atoms with Crippen molar-refractivity contribution in [1.29, 1.82) is 0 Å². The first-order valence-electron chi connectivity index (χ1n) is 12.4. The van der Waals surface area contributed by atoms with Gasteiger partial charge >= 0.3 is 6.18 Å². The summed E-state index contributed by atoms with van der Waals surface area (Å²) in [5, 5.41) is 14.1. The van der Waals surface area contributed by atoms with Gasteiger partial charge in [-0.05, 0) is 99.9 Å². The molecular formula is C25H34F4N2O2. The highest BCUT2D eigenvalue weighted by atomic mass is 19.4. The van der Waals surface area contributed by atoms with Crippen molar-refractivity contribution in [3.63, 3.8) is 0 Å². The Balaban J connectivity index is 1.31. The molecule has 1 aromatic heterocycles. The first kappa shape index (κ1) is 23.3. The predicted octanol–water partition coefficient (Wildman–Crippen LogP) is 5.58. The normalized spacial score (nSPS) is 45.2. The first-order valence-corrected chi connectivity index (χ1v) is 12.4. The second-order valence-corrected chi connectivity index (χ2v) is 11.8. The van der Waals surface area contributed by atoms with Gasteiger partial charge < -0.3 is 5.11 Å². The van der Waals surface area contributed by atoms with Crippen molar-refractivity contribution in [3.05, 3.63) is 18.0 Å². The van der Waals surface area contributed by atoms with E-state index in [1.165, 1.54) is 6.20 Å². The third-order valence-electron chi connectivity index (χ3n) is 9.95. The van der Waals surface area contributed by atoms with Gasteiger partial charge in [0, 0.05) is 12.1 Å². The number of halogens is 4. The van der Waals surface area contributed by atoms with Crippen LogP contribution in [0.5, 0.6) is 0 Å². The van der Waals surface area contributed by atoms with Crippen LogP contribution in [-0.2, 0) is 17.5 Å². The minimum Gasteiger partial charge on any atom is -0.390 e. The van der Waals surface area contributed by atoms with E-state index in [-0.39, 0.29) is 47.3 Å². The summed E-state index contributed by atoms with van der Waals surface area (Å²) in [7, 11) is 0. The molecule has 4 saturated carbocycles. The zero-order chi connectivity index (χ0) is 23.8. The molecule has 4 aliphatic carbocycles. The van der Waals surface area contributed by atoms with Crippen LogP contribution < -0.4 is 0 Å². The maximum atomic E-state index is 16.4. The number of aliphatic hydroxyl groups is 1. The van der Waals surface area contributed by atoms with Crippen LogP contribution in [0, 0.1) is 35.0 Å². The van der Waals surface area contributed by atoms with Crippen LogP contribution in [0.15, 0.2) is 12.3 Å². The molecule has 0 unspecified atom stereocenters. The Bertz CT molecular complexity index is 928. The van der Waals surface area contributed by atoms with Crippen LogP contribution in [0.25, 0.3) is 0 Å². The average molecular weight is 471 g/mol. The zero-order valence-electron chi connectivity index (χ0n) is 19.4. The third kappa shape index (κ3) is 3.75. The lowest BCUT2D eigenvalue weighted by molar-refractivity contribution is -0.166. The molecule has 5 rings (SSSR count). The second kappa shape index (κ2) is 7.53. The molecule has 4 nitrogen and oxygen atoms in total. The van der Waals surface area contributed by atoms with Crippen molar-refractivity contribution in [2.75, 3.05) is 0 Å². The Hall–Kier alpha value is -1.44. The molecule has 8 heteroatoms. The van der Waals surface area contributed by atoms with Crippen LogP contribution in [0.2, 0.25) is 0 Å². The Morgan fingerprint density at radius 1 is 1.12 bits per heavy atom. The van der Waals surface area contributed by atoms with Crippen LogP contribution in [0.4, 0.5) is 17.6 Å². The molecule has 1 N–H and O–H groups in total. The highest BCUT2D eigenvalue weighted by Gasteiger charge is 2.63. The molecule has 0 saturated heterocycles. The van der Waals surface area contributed by atoms with Gasteiger partial charge in [0.1, 0.15) is 5.67 Å². The van der Waals surface area contributed by atoms with E-state index < -0.39 is 23.1 Å². The first-order chi connectivity index (χ1) is 15.3. The van der Waals surface area contributed by atoms with Crippen LogP contribution in [-0.4, -0.2) is 31.9 Å². The van der Waals surface area contributed by atoms with Gasteiger partial charge in [0.05, 0.1) is 12.1 Å². The lowest BCUT2D eigenvalue weighted by Gasteiger charge is -2.59. The topological polar surface area (TPSA) is 55.1 Å². The molecule has 0 aromatic carbocycles. The quantitative estimate of drug-likeness (QED) is 0.587. The number of Topliss-reactive ketones (excluding diaryl/α,β-unsaturated/α-hetero) is 1. The Labute approximate surface area is 192 Å². The summed E-state index contributed by atoms with van der Waals surface area (Å²) in [4.78, 5) is 13.2. The summed E-state index contributed by atoms with van der Waals surface area (Å²) in [6, 6.07) is 0.901. The second-order valence-electron chi connectivity index (χ2n) is 11.8. The number of fused-ring (bicyclic) bond motifs is 5. The van der Waals surface area contributed by atoms with Gasteiger partial charge in [0.2, 0.25) is 0 Å². The van der Waals surface area contributed by atoms with Crippen molar-refractivity contribution in [3.8, 4) is 0 Å². The minimum atomic E-state index is -4.52. The molecule has 0 bridgehead atoms. The molecule has 4 aliphatic rings. The standard InChI is InChI=1S/C25H34F4N2O2/c1-22(33)10-11-24(26)15(13-22)3-4-16-17-5-6-19(23(17,2)9-7-18(16)24)20(32)14-31-12-8-21(30-31)25(27,28)29/h8,12,15-19,33H,3-7,9-11,13-14H2,1-2H3/t15-,16+,17+,18+,19+,22-,23+,24-/m1/s1. The molecule has 1 heterocycles. The van der Waals surface area contributed by atoms with E-state index in [0.29, 0.717) is 25.7 Å². The molecule has 33 heavy (non-hydrogen) atoms. The van der Waals surface area contributed by atoms with Gasteiger partial charge in [0.25, 0.3) is 0 Å². The Morgan fingerprint density at radius 2 is 1.88 bits per heavy atom. The van der Waals surface area contributed by atoms with Gasteiger partial charge in [0.15, 0.2) is 11.5 Å². The number of hydrogen-bond acceptors (Lipinski definition) is 3. The molecule has 0 amide bonds. The maximum absolute atomic E-state index is 16.4. The van der Waals surface area contributed by atoms with Gasteiger partial charge in [-0.2, -0.15) is 18.3 Å². The summed E-state index contributed by atoms with van der Waals surface area (Å²) in [5.41, 5.74) is -3.22. The summed E-state index contributed by atoms with van der Waals surface area (Å²) in [6.07, 6.45) is 2.97. The largest absolute Gasteiger partial charge is 0.435 e. The molecule has 0 aliphatic heterocycles. The smallest absolute Gasteiger partial charge is 0.390 e. The third-order valence-corrected chi connectivity index (χ3v) is 9.95. The Morgan fingerprint density at radius 3 is 2.58 bits per heavy atom. The lowest BCUT2D eigenvalue weighted by atomic mass is 9.48. The monoisotopic (exact) mass is 470 g/mol. The maximum Gasteiger partial charge on any atom is 0.435 e. The fourth-order valence-corrected chi connectivity index (χ4v) is 8.38. The molecular weight excluding hydrogens is 436 g/mol. The van der Waals surface area contributed by atoms with Crippen molar-refractivity contribution in [2.45, 2.75) is 95.6 Å². The number of carbonyl (C=O) groups excluding carboxylic acids is 1. The van der Waals surface area contributed by atoms with E-state index in [1.807, 2.05) is 6.92 Å². The number of rotatable bonds is 3. The molecule has 0 radical (unpaired) electrons. The number of carbonyl (C=O) groups is 1. The summed E-state index contributed by atoms with van der Waals surface area (Å²) < 4.78 is 56.1. The van der Waals surface area contributed by atoms with Crippen molar-refractivity contribution in [2.24, 2.45) is 35.0 Å². The van der Waals surface area contributed by atoms with Crippen molar-refractivity contribution in [1.82, 2.24) is 9.78 Å². The zero-order valence-corrected chi connectivity index (χ0v) is 19.4. The van der Waals surface area contributed by atoms with E-state index in [9.17, 15) is 23.1 Å². The molecule has 1 aromatic rings. The van der Waals surface area contributed by atoms with Gasteiger partial charge in [-0.1, -0.05) is 6.92 Å². The van der Waals surface area contributed by atoms with Crippen LogP contribution >= 0.6 is 0 Å². The van der Waals surface area contributed by atoms with E-state index in [0.717, 1.165) is 42.9 Å². The highest BCUT2D eigenvalue weighted by Crippen LogP contribution is 2.66. The summed E-state index contributed by atoms with van der Waals surface area (Å²) in [6.45, 7) is 3.82. The Kier molecular flexibility index (Phi) is 5.32. The molecule has 184 valence electrons. The molecule has 0 spiro atoms. The number of alkyl halides is 4. The minimum absolute atomic E-state index is 0.0141. The summed E-state index contributed by atoms with van der Waals surface area (Å²) in [5.74, 6) is 0.125. The number of nitrogens with zero attached hydrogens (tertiary/aromatic N) is 2. The van der Waals surface area contributed by atoms with E-state index >= 15 is 4.39 Å². The molecule has 8 atom stereocenters. The lowest BCUT2D eigenvalue weighted by Crippen LogP contribution is -2.58. The van der Waals surface area contributed by atoms with E-state index in [1.54, 1.807) is 0 Å². The summed E-state index contributed by atoms with van der Waals surface area (Å²) >= 11 is 0. The highest BCUT2D eigenvalue weighted by molar-refractivity contribution is 5.82. The van der Waals surface area contributed by atoms with E-state index in [4.69, 9.17) is 0 Å². The fraction of sp³-hybridized carbons (Fsp3) is 0.840. The average Bonchev–Trinajstić information content (AvgIpc) is 3.32. The van der Waals surface area contributed by atoms with Crippen LogP contribution in [0.3, 0.4) is 0 Å². The van der Waals surface area contributed by atoms with Crippen molar-refractivity contribution >= 4 is 5.78 Å². The van der Waals surface area contributed by atoms with Gasteiger partial charge in [-0.15, -0.1) is 0 Å². The number of aromatic nitrogens is 2. The van der Waals surface area contributed by atoms with Crippen LogP contribution in [0.1, 0.15) is 77.3 Å². The van der Waals surface area contributed by atoms with Gasteiger partial charge in [-0.25, -0.2) is 4.39 Å². The van der Waals surface area contributed by atoms with Crippen molar-refractivity contribution < 1.29 is 27.5 Å².